The van der Waals surface area contributed by atoms with Crippen LogP contribution in [0.1, 0.15) is 19.0 Å². The van der Waals surface area contributed by atoms with Gasteiger partial charge < -0.3 is 25.5 Å². The van der Waals surface area contributed by atoms with Crippen LogP contribution in [0.5, 0.6) is 11.5 Å². The average molecular weight is 330 g/mol. The molecule has 0 saturated heterocycles. The molecular weight excluding hydrogens is 304 g/mol. The number of rotatable bonds is 8. The van der Waals surface area contributed by atoms with Gasteiger partial charge in [-0.1, -0.05) is 12.2 Å². The molecule has 24 heavy (non-hydrogen) atoms. The average Bonchev–Trinajstić information content (AvgIpc) is 2.98. The maximum Gasteiger partial charge on any atom is 0.188 e. The Kier molecular flexibility index (Phi) is 6.12. The fraction of sp³-hybridized carbons (Fsp3) is 0.389. The van der Waals surface area contributed by atoms with Gasteiger partial charge in [-0.15, -0.1) is 0 Å². The van der Waals surface area contributed by atoms with Crippen LogP contribution in [0.15, 0.2) is 35.3 Å². The predicted molar refractivity (Wildman–Crippen MR) is 99.0 cm³/mol. The standard InChI is InChI=1S/C18H26N4O2/c1-12(2)11-21-18(19)20-7-5-6-13-8-15-16(22-13)9-14(23-3)10-17(15)24-4/h8-10,22H,1,5-7,11H2,2-4H3,(H3,19,20,21). The van der Waals surface area contributed by atoms with Crippen molar-refractivity contribution in [2.75, 3.05) is 27.3 Å². The van der Waals surface area contributed by atoms with E-state index in [1.807, 2.05) is 19.1 Å². The van der Waals surface area contributed by atoms with Gasteiger partial charge in [0.2, 0.25) is 0 Å². The molecule has 0 spiro atoms. The second-order valence-corrected chi connectivity index (χ2v) is 5.77. The van der Waals surface area contributed by atoms with E-state index in [2.05, 4.69) is 27.9 Å². The number of methoxy groups -OCH3 is 2. The van der Waals surface area contributed by atoms with Gasteiger partial charge in [0.1, 0.15) is 11.5 Å². The minimum Gasteiger partial charge on any atom is -0.497 e. The smallest absolute Gasteiger partial charge is 0.188 e. The summed E-state index contributed by atoms with van der Waals surface area (Å²) >= 11 is 0. The molecule has 6 nitrogen and oxygen atoms in total. The lowest BCUT2D eigenvalue weighted by Crippen LogP contribution is -2.32. The first kappa shape index (κ1) is 17.7. The molecule has 0 fully saturated rings. The van der Waals surface area contributed by atoms with E-state index in [9.17, 15) is 0 Å². The Morgan fingerprint density at radius 1 is 1.29 bits per heavy atom. The van der Waals surface area contributed by atoms with Crippen LogP contribution >= 0.6 is 0 Å². The number of nitrogens with two attached hydrogens (primary N) is 1. The number of hydrogen-bond donors (Lipinski definition) is 3. The Morgan fingerprint density at radius 3 is 2.75 bits per heavy atom. The quantitative estimate of drug-likeness (QED) is 0.301. The van der Waals surface area contributed by atoms with Crippen molar-refractivity contribution in [3.05, 3.63) is 36.0 Å². The topological polar surface area (TPSA) is 84.7 Å². The Bertz CT molecular complexity index is 734. The number of nitrogens with one attached hydrogen (secondary N) is 2. The molecule has 2 aromatic rings. The van der Waals surface area contributed by atoms with Gasteiger partial charge in [0.15, 0.2) is 5.96 Å². The van der Waals surface area contributed by atoms with Gasteiger partial charge in [0, 0.05) is 29.8 Å². The molecule has 0 unspecified atom stereocenters. The predicted octanol–water partition coefficient (Wildman–Crippen LogP) is 2.60. The molecule has 0 amide bonds. The van der Waals surface area contributed by atoms with Crippen LogP contribution < -0.4 is 20.5 Å². The molecule has 1 aromatic carbocycles. The summed E-state index contributed by atoms with van der Waals surface area (Å²) in [5, 5.41) is 4.17. The number of benzene rings is 1. The van der Waals surface area contributed by atoms with Gasteiger partial charge in [-0.3, -0.25) is 0 Å². The summed E-state index contributed by atoms with van der Waals surface area (Å²) in [5.41, 5.74) is 8.94. The first-order valence-electron chi connectivity index (χ1n) is 7.95. The Labute approximate surface area is 142 Å². The summed E-state index contributed by atoms with van der Waals surface area (Å²) in [7, 11) is 3.31. The number of aromatic nitrogens is 1. The van der Waals surface area contributed by atoms with Crippen molar-refractivity contribution in [3.63, 3.8) is 0 Å². The molecule has 2 rings (SSSR count). The highest BCUT2D eigenvalue weighted by Gasteiger charge is 2.09. The second kappa shape index (κ2) is 8.29. The van der Waals surface area contributed by atoms with Gasteiger partial charge in [0.25, 0.3) is 0 Å². The van der Waals surface area contributed by atoms with E-state index in [4.69, 9.17) is 15.2 Å². The van der Waals surface area contributed by atoms with Crippen molar-refractivity contribution in [2.45, 2.75) is 19.8 Å². The van der Waals surface area contributed by atoms with Crippen LogP contribution in [0, 0.1) is 0 Å². The minimum absolute atomic E-state index is 0.459. The maximum absolute atomic E-state index is 5.79. The molecule has 0 aliphatic heterocycles. The number of guanidine groups is 1. The van der Waals surface area contributed by atoms with Crippen LogP contribution in [0.2, 0.25) is 0 Å². The van der Waals surface area contributed by atoms with E-state index >= 15 is 0 Å². The lowest BCUT2D eigenvalue weighted by Gasteiger charge is -2.05. The third-order valence-electron chi connectivity index (χ3n) is 3.63. The van der Waals surface area contributed by atoms with Crippen molar-refractivity contribution >= 4 is 16.9 Å². The molecule has 4 N–H and O–H groups in total. The van der Waals surface area contributed by atoms with Gasteiger partial charge in [-0.05, 0) is 25.8 Å². The Morgan fingerprint density at radius 2 is 2.08 bits per heavy atom. The van der Waals surface area contributed by atoms with E-state index in [1.54, 1.807) is 14.2 Å². The van der Waals surface area contributed by atoms with Crippen LogP contribution in [0.3, 0.4) is 0 Å². The third kappa shape index (κ3) is 4.68. The number of aromatic amines is 1. The number of hydrogen-bond acceptors (Lipinski definition) is 3. The Balaban J connectivity index is 1.94. The monoisotopic (exact) mass is 330 g/mol. The fourth-order valence-electron chi connectivity index (χ4n) is 2.43. The number of fused-ring (bicyclic) bond motifs is 1. The number of aryl methyl sites for hydroxylation is 1. The molecule has 0 aliphatic rings. The largest absolute Gasteiger partial charge is 0.497 e. The molecule has 0 atom stereocenters. The summed E-state index contributed by atoms with van der Waals surface area (Å²) in [5.74, 6) is 2.04. The molecule has 0 bridgehead atoms. The van der Waals surface area contributed by atoms with E-state index in [1.165, 1.54) is 0 Å². The highest BCUT2D eigenvalue weighted by atomic mass is 16.5. The van der Waals surface area contributed by atoms with Crippen molar-refractivity contribution in [1.29, 1.82) is 0 Å². The van der Waals surface area contributed by atoms with Crippen LogP contribution in [0.4, 0.5) is 0 Å². The lowest BCUT2D eigenvalue weighted by molar-refractivity contribution is 0.398. The summed E-state index contributed by atoms with van der Waals surface area (Å²) in [4.78, 5) is 7.60. The van der Waals surface area contributed by atoms with E-state index in [0.717, 1.165) is 53.1 Å². The summed E-state index contributed by atoms with van der Waals surface area (Å²) < 4.78 is 10.7. The zero-order valence-electron chi connectivity index (χ0n) is 14.6. The molecule has 0 saturated carbocycles. The van der Waals surface area contributed by atoms with E-state index in [-0.39, 0.29) is 0 Å². The third-order valence-corrected chi connectivity index (χ3v) is 3.63. The van der Waals surface area contributed by atoms with Crippen LogP contribution in [-0.2, 0) is 6.42 Å². The first-order chi connectivity index (χ1) is 11.5. The van der Waals surface area contributed by atoms with Gasteiger partial charge in [-0.25, -0.2) is 4.99 Å². The van der Waals surface area contributed by atoms with Crippen LogP contribution in [0.25, 0.3) is 10.9 Å². The highest BCUT2D eigenvalue weighted by Crippen LogP contribution is 2.31. The van der Waals surface area contributed by atoms with Crippen molar-refractivity contribution in [3.8, 4) is 11.5 Å². The van der Waals surface area contributed by atoms with Gasteiger partial charge >= 0.3 is 0 Å². The van der Waals surface area contributed by atoms with E-state index in [0.29, 0.717) is 12.5 Å². The lowest BCUT2D eigenvalue weighted by atomic mass is 10.2. The second-order valence-electron chi connectivity index (χ2n) is 5.77. The molecule has 6 heteroatoms. The van der Waals surface area contributed by atoms with E-state index < -0.39 is 0 Å². The normalized spacial score (nSPS) is 11.5. The maximum atomic E-state index is 5.79. The zero-order chi connectivity index (χ0) is 17.5. The number of nitrogens with zero attached hydrogens (tertiary/aromatic N) is 1. The van der Waals surface area contributed by atoms with Crippen molar-refractivity contribution < 1.29 is 9.47 Å². The highest BCUT2D eigenvalue weighted by molar-refractivity contribution is 5.88. The number of aliphatic imine (C=N–C) groups is 1. The van der Waals surface area contributed by atoms with Crippen molar-refractivity contribution in [2.24, 2.45) is 10.7 Å². The zero-order valence-corrected chi connectivity index (χ0v) is 14.6. The molecule has 1 aromatic heterocycles. The van der Waals surface area contributed by atoms with Gasteiger partial charge in [0.05, 0.1) is 26.3 Å². The molecule has 1 heterocycles. The first-order valence-corrected chi connectivity index (χ1v) is 7.95. The van der Waals surface area contributed by atoms with Crippen molar-refractivity contribution in [1.82, 2.24) is 10.3 Å². The van der Waals surface area contributed by atoms with Crippen LogP contribution in [-0.4, -0.2) is 38.3 Å². The summed E-state index contributed by atoms with van der Waals surface area (Å²) in [6.07, 6.45) is 1.84. The summed E-state index contributed by atoms with van der Waals surface area (Å²) in [6.45, 7) is 7.05. The molecule has 0 radical (unpaired) electrons. The molecule has 0 aliphatic carbocycles. The summed E-state index contributed by atoms with van der Waals surface area (Å²) in [6, 6.07) is 5.98. The molecular formula is C18H26N4O2. The Hall–Kier alpha value is -2.63. The number of ether oxygens (including phenoxy) is 2. The van der Waals surface area contributed by atoms with Gasteiger partial charge in [-0.2, -0.15) is 0 Å². The fourth-order valence-corrected chi connectivity index (χ4v) is 2.43. The SMILES string of the molecule is C=C(C)CN=C(N)NCCCc1cc2c(OC)cc(OC)cc2[nH]1. The molecule has 130 valence electrons. The number of H-pyrrole nitrogens is 1. The minimum atomic E-state index is 0.459.